The van der Waals surface area contributed by atoms with Crippen LogP contribution in [0.25, 0.3) is 11.0 Å². The molecule has 0 unspecified atom stereocenters. The van der Waals surface area contributed by atoms with Crippen LogP contribution >= 0.6 is 0 Å². The standard InChI is InChI=1S/C9H7N3O4/c1-5-2-3-6-7(4-5)11(12(15)16)9(14)8(13)10-6/h2-4H,1H3,(H,10,13). The molecule has 1 N–H and O–H groups in total. The fourth-order valence-corrected chi connectivity index (χ4v) is 1.47. The molecule has 0 radical (unpaired) electrons. The minimum Gasteiger partial charge on any atom is -0.315 e. The molecule has 0 aliphatic heterocycles. The van der Waals surface area contributed by atoms with Gasteiger partial charge in [0.25, 0.3) is 0 Å². The average Bonchev–Trinajstić information content (AvgIpc) is 2.20. The van der Waals surface area contributed by atoms with Gasteiger partial charge < -0.3 is 4.98 Å². The molecule has 2 rings (SSSR count). The summed E-state index contributed by atoms with van der Waals surface area (Å²) in [5, 5.41) is 9.81. The van der Waals surface area contributed by atoms with Crippen molar-refractivity contribution >= 4 is 11.0 Å². The van der Waals surface area contributed by atoms with Gasteiger partial charge in [0.15, 0.2) is 5.03 Å². The van der Waals surface area contributed by atoms with E-state index in [-0.39, 0.29) is 15.7 Å². The van der Waals surface area contributed by atoms with Crippen LogP contribution in [0.1, 0.15) is 5.56 Å². The van der Waals surface area contributed by atoms with Crippen LogP contribution in [-0.2, 0) is 0 Å². The van der Waals surface area contributed by atoms with Crippen LogP contribution in [0.4, 0.5) is 0 Å². The lowest BCUT2D eigenvalue weighted by atomic mass is 10.2. The van der Waals surface area contributed by atoms with Crippen LogP contribution in [0.2, 0.25) is 0 Å². The van der Waals surface area contributed by atoms with Crippen LogP contribution in [-0.4, -0.2) is 14.7 Å². The van der Waals surface area contributed by atoms with Gasteiger partial charge in [-0.15, -0.1) is 0 Å². The molecule has 0 atom stereocenters. The fourth-order valence-electron chi connectivity index (χ4n) is 1.47. The Kier molecular flexibility index (Phi) is 2.08. The van der Waals surface area contributed by atoms with Gasteiger partial charge in [-0.05, 0) is 29.3 Å². The van der Waals surface area contributed by atoms with Gasteiger partial charge in [0.2, 0.25) is 0 Å². The van der Waals surface area contributed by atoms with E-state index in [0.717, 1.165) is 5.56 Å². The van der Waals surface area contributed by atoms with Crippen molar-refractivity contribution in [2.75, 3.05) is 0 Å². The van der Waals surface area contributed by atoms with Gasteiger partial charge in [0.1, 0.15) is 5.52 Å². The number of nitrogens with one attached hydrogen (secondary N) is 1. The lowest BCUT2D eigenvalue weighted by Gasteiger charge is -2.01. The lowest BCUT2D eigenvalue weighted by molar-refractivity contribution is -0.540. The summed E-state index contributed by atoms with van der Waals surface area (Å²) in [6.07, 6.45) is 0. The summed E-state index contributed by atoms with van der Waals surface area (Å²) in [7, 11) is 0. The number of hydrogen-bond acceptors (Lipinski definition) is 4. The van der Waals surface area contributed by atoms with Crippen molar-refractivity contribution in [1.82, 2.24) is 9.66 Å². The van der Waals surface area contributed by atoms with Crippen molar-refractivity contribution in [3.63, 3.8) is 0 Å². The minimum absolute atomic E-state index is 0.0783. The Hall–Kier alpha value is -2.44. The predicted molar refractivity (Wildman–Crippen MR) is 56.0 cm³/mol. The molecule has 1 heterocycles. The molecule has 0 spiro atoms. The summed E-state index contributed by atoms with van der Waals surface area (Å²) in [5.74, 6) is 0. The highest BCUT2D eigenvalue weighted by atomic mass is 16.7. The van der Waals surface area contributed by atoms with Gasteiger partial charge in [-0.2, -0.15) is 0 Å². The Morgan fingerprint density at radius 3 is 2.69 bits per heavy atom. The number of nitrogens with zero attached hydrogens (tertiary/aromatic N) is 2. The molecular formula is C9H7N3O4. The van der Waals surface area contributed by atoms with Crippen LogP contribution in [0.5, 0.6) is 0 Å². The van der Waals surface area contributed by atoms with Gasteiger partial charge in [0, 0.05) is 0 Å². The Bertz CT molecular complexity index is 698. The fraction of sp³-hybridized carbons (Fsp3) is 0.111. The van der Waals surface area contributed by atoms with Crippen LogP contribution in [0, 0.1) is 17.0 Å². The third kappa shape index (κ3) is 1.38. The van der Waals surface area contributed by atoms with Gasteiger partial charge in [-0.3, -0.25) is 9.59 Å². The van der Waals surface area contributed by atoms with E-state index < -0.39 is 16.2 Å². The molecule has 7 nitrogen and oxygen atoms in total. The Morgan fingerprint density at radius 1 is 1.38 bits per heavy atom. The Labute approximate surface area is 88.1 Å². The molecule has 0 bridgehead atoms. The van der Waals surface area contributed by atoms with E-state index in [1.165, 1.54) is 12.1 Å². The summed E-state index contributed by atoms with van der Waals surface area (Å²) < 4.78 is 0.251. The van der Waals surface area contributed by atoms with Crippen molar-refractivity contribution < 1.29 is 5.03 Å². The van der Waals surface area contributed by atoms with Crippen molar-refractivity contribution in [2.45, 2.75) is 6.92 Å². The average molecular weight is 221 g/mol. The summed E-state index contributed by atoms with van der Waals surface area (Å²) in [5.41, 5.74) is -1.10. The first kappa shape index (κ1) is 10.1. The molecule has 2 aromatic rings. The van der Waals surface area contributed by atoms with Crippen LogP contribution in [0.3, 0.4) is 0 Å². The number of aryl methyl sites for hydroxylation is 1. The molecule has 7 heteroatoms. The van der Waals surface area contributed by atoms with E-state index in [9.17, 15) is 19.7 Å². The number of benzene rings is 1. The highest BCUT2D eigenvalue weighted by molar-refractivity contribution is 5.74. The van der Waals surface area contributed by atoms with E-state index in [2.05, 4.69) is 4.98 Å². The number of fused-ring (bicyclic) bond motifs is 1. The monoisotopic (exact) mass is 221 g/mol. The maximum atomic E-state index is 11.3. The zero-order chi connectivity index (χ0) is 11.9. The number of rotatable bonds is 1. The SMILES string of the molecule is Cc1ccc2[nH]c(=O)c(=O)n([N+](=O)[O-])c2c1. The maximum Gasteiger partial charge on any atom is 0.377 e. The van der Waals surface area contributed by atoms with Gasteiger partial charge in [-0.25, -0.2) is 10.1 Å². The molecule has 0 saturated carbocycles. The summed E-state index contributed by atoms with van der Waals surface area (Å²) >= 11 is 0. The van der Waals surface area contributed by atoms with E-state index in [0.29, 0.717) is 0 Å². The summed E-state index contributed by atoms with van der Waals surface area (Å²) in [6, 6.07) is 4.67. The molecule has 0 aliphatic rings. The van der Waals surface area contributed by atoms with Crippen molar-refractivity contribution in [2.24, 2.45) is 0 Å². The van der Waals surface area contributed by atoms with Crippen LogP contribution < -0.4 is 11.1 Å². The Balaban J connectivity index is 3.09. The van der Waals surface area contributed by atoms with Gasteiger partial charge in [-0.1, -0.05) is 6.07 Å². The number of H-pyrrole nitrogens is 1. The predicted octanol–water partition coefficient (Wildman–Crippen LogP) is 0.0380. The zero-order valence-electron chi connectivity index (χ0n) is 8.26. The highest BCUT2D eigenvalue weighted by Gasteiger charge is 2.15. The topological polar surface area (TPSA) is 98.0 Å². The first-order chi connectivity index (χ1) is 7.50. The second-order valence-electron chi connectivity index (χ2n) is 3.33. The number of hydrogen-bond donors (Lipinski definition) is 1. The van der Waals surface area contributed by atoms with Gasteiger partial charge in [0.05, 0.1) is 5.52 Å². The highest BCUT2D eigenvalue weighted by Crippen LogP contribution is 2.10. The third-order valence-electron chi connectivity index (χ3n) is 2.18. The Morgan fingerprint density at radius 2 is 2.06 bits per heavy atom. The molecule has 0 aliphatic carbocycles. The van der Waals surface area contributed by atoms with Crippen LogP contribution in [0.15, 0.2) is 27.8 Å². The second kappa shape index (κ2) is 3.30. The zero-order valence-corrected chi connectivity index (χ0v) is 8.26. The van der Waals surface area contributed by atoms with Crippen molar-refractivity contribution in [1.29, 1.82) is 0 Å². The molecule has 1 aromatic heterocycles. The molecule has 0 saturated heterocycles. The minimum atomic E-state index is -1.19. The number of aromatic amines is 1. The smallest absolute Gasteiger partial charge is 0.315 e. The van der Waals surface area contributed by atoms with Crippen molar-refractivity contribution in [3.8, 4) is 0 Å². The molecule has 82 valence electrons. The first-order valence-corrected chi connectivity index (χ1v) is 4.41. The summed E-state index contributed by atoms with van der Waals surface area (Å²) in [4.78, 5) is 35.5. The molecule has 1 aromatic carbocycles. The van der Waals surface area contributed by atoms with Crippen molar-refractivity contribution in [3.05, 3.63) is 54.6 Å². The molecule has 16 heavy (non-hydrogen) atoms. The molecule has 0 fully saturated rings. The van der Waals surface area contributed by atoms with E-state index in [4.69, 9.17) is 0 Å². The third-order valence-corrected chi connectivity index (χ3v) is 2.18. The first-order valence-electron chi connectivity index (χ1n) is 4.41. The van der Waals surface area contributed by atoms with Gasteiger partial charge >= 0.3 is 11.1 Å². The molecule has 0 amide bonds. The van der Waals surface area contributed by atoms with E-state index in [1.807, 2.05) is 0 Å². The maximum absolute atomic E-state index is 11.3. The quantitative estimate of drug-likeness (QED) is 0.417. The number of aromatic nitrogens is 2. The lowest BCUT2D eigenvalue weighted by Crippen LogP contribution is -2.39. The van der Waals surface area contributed by atoms with E-state index in [1.54, 1.807) is 13.0 Å². The largest absolute Gasteiger partial charge is 0.377 e. The normalized spacial score (nSPS) is 10.6. The van der Waals surface area contributed by atoms with E-state index >= 15 is 0 Å². The number of nitro groups is 1. The summed E-state index contributed by atoms with van der Waals surface area (Å²) in [6.45, 7) is 1.74. The molecular weight excluding hydrogens is 214 g/mol. The second-order valence-corrected chi connectivity index (χ2v) is 3.33.